The van der Waals surface area contributed by atoms with Crippen molar-refractivity contribution < 1.29 is 22.4 Å². The average Bonchev–Trinajstić information content (AvgIpc) is 2.93. The summed E-state index contributed by atoms with van der Waals surface area (Å²) in [6.07, 6.45) is 0.674. The highest BCUT2D eigenvalue weighted by atomic mass is 35.5. The molecular formula is C28H29Cl3FN3O4S. The number of carbonyl (C=O) groups excluding carboxylic acids is 2. The summed E-state index contributed by atoms with van der Waals surface area (Å²) < 4.78 is 42.3. The molecule has 2 atom stereocenters. The van der Waals surface area contributed by atoms with Crippen molar-refractivity contribution in [3.05, 3.63) is 93.2 Å². The summed E-state index contributed by atoms with van der Waals surface area (Å²) in [5.41, 5.74) is 0.558. The van der Waals surface area contributed by atoms with Crippen LogP contribution in [0.15, 0.2) is 71.6 Å². The van der Waals surface area contributed by atoms with E-state index >= 15 is 0 Å². The second-order valence-corrected chi connectivity index (χ2v) is 12.3. The van der Waals surface area contributed by atoms with E-state index in [2.05, 4.69) is 5.32 Å². The molecule has 0 aromatic heterocycles. The lowest BCUT2D eigenvalue weighted by molar-refractivity contribution is -0.139. The fourth-order valence-electron chi connectivity index (χ4n) is 3.77. The maximum absolute atomic E-state index is 14.0. The Hall–Kier alpha value is -2.85. The fraction of sp³-hybridized carbons (Fsp3) is 0.286. The number of nitrogens with zero attached hydrogens (tertiary/aromatic N) is 2. The van der Waals surface area contributed by atoms with Crippen LogP contribution < -0.4 is 9.62 Å². The Bertz CT molecular complexity index is 1470. The summed E-state index contributed by atoms with van der Waals surface area (Å²) in [7, 11) is -4.30. The Kier molecular flexibility index (Phi) is 10.8. The van der Waals surface area contributed by atoms with Crippen molar-refractivity contribution in [2.24, 2.45) is 0 Å². The summed E-state index contributed by atoms with van der Waals surface area (Å²) in [5, 5.41) is 3.12. The van der Waals surface area contributed by atoms with Gasteiger partial charge >= 0.3 is 0 Å². The second-order valence-electron chi connectivity index (χ2n) is 9.19. The minimum atomic E-state index is -4.30. The Labute approximate surface area is 248 Å². The number of anilines is 1. The molecule has 3 rings (SSSR count). The molecule has 3 aromatic carbocycles. The number of halogens is 4. The van der Waals surface area contributed by atoms with E-state index in [9.17, 15) is 22.4 Å². The molecule has 2 amide bonds. The molecular weight excluding hydrogens is 600 g/mol. The molecule has 7 nitrogen and oxygen atoms in total. The van der Waals surface area contributed by atoms with Gasteiger partial charge < -0.3 is 10.2 Å². The van der Waals surface area contributed by atoms with E-state index in [-0.39, 0.29) is 33.2 Å². The van der Waals surface area contributed by atoms with E-state index in [1.54, 1.807) is 43.3 Å². The summed E-state index contributed by atoms with van der Waals surface area (Å²) in [4.78, 5) is 28.1. The molecule has 214 valence electrons. The van der Waals surface area contributed by atoms with Gasteiger partial charge in [0.2, 0.25) is 11.8 Å². The molecule has 0 saturated carbocycles. The molecule has 0 unspecified atom stereocenters. The number of carbonyl (C=O) groups is 2. The predicted molar refractivity (Wildman–Crippen MR) is 157 cm³/mol. The van der Waals surface area contributed by atoms with Crippen LogP contribution in [0.5, 0.6) is 0 Å². The Balaban J connectivity index is 2.05. The lowest BCUT2D eigenvalue weighted by atomic mass is 10.1. The standard InChI is InChI=1S/C28H29Cl3FN3O4S/c1-4-18(2)33-28(37)19(3)34(16-20-10-12-23(29)24(30)14-20)27(36)17-35(21-11-13-26(32)25(31)15-21)40(38,39)22-8-6-5-7-9-22/h5-15,18-19H,4,16-17H2,1-3H3,(H,33,37)/t18-,19-/m1/s1. The summed E-state index contributed by atoms with van der Waals surface area (Å²) in [6, 6.07) is 14.6. The highest BCUT2D eigenvalue weighted by Crippen LogP contribution is 2.29. The third kappa shape index (κ3) is 7.66. The van der Waals surface area contributed by atoms with Crippen LogP contribution in [0, 0.1) is 5.82 Å². The molecule has 0 aliphatic rings. The van der Waals surface area contributed by atoms with E-state index < -0.39 is 40.2 Å². The van der Waals surface area contributed by atoms with Crippen molar-refractivity contribution in [1.82, 2.24) is 10.2 Å². The van der Waals surface area contributed by atoms with E-state index in [0.717, 1.165) is 16.4 Å². The monoisotopic (exact) mass is 627 g/mol. The normalized spacial score (nSPS) is 12.9. The van der Waals surface area contributed by atoms with E-state index in [1.165, 1.54) is 23.1 Å². The topological polar surface area (TPSA) is 86.8 Å². The maximum Gasteiger partial charge on any atom is 0.264 e. The Morgan fingerprint density at radius 1 is 0.925 bits per heavy atom. The molecule has 0 spiro atoms. The molecule has 40 heavy (non-hydrogen) atoms. The van der Waals surface area contributed by atoms with Gasteiger partial charge in [0.15, 0.2) is 0 Å². The first-order valence-corrected chi connectivity index (χ1v) is 15.0. The smallest absolute Gasteiger partial charge is 0.264 e. The highest BCUT2D eigenvalue weighted by Gasteiger charge is 2.33. The van der Waals surface area contributed by atoms with Crippen molar-refractivity contribution in [3.8, 4) is 0 Å². The predicted octanol–water partition coefficient (Wildman–Crippen LogP) is 6.31. The van der Waals surface area contributed by atoms with E-state index in [4.69, 9.17) is 34.8 Å². The number of hydrogen-bond donors (Lipinski definition) is 1. The van der Waals surface area contributed by atoms with Crippen LogP contribution in [-0.2, 0) is 26.2 Å². The minimum absolute atomic E-state index is 0.0187. The Morgan fingerprint density at radius 3 is 2.20 bits per heavy atom. The fourth-order valence-corrected chi connectivity index (χ4v) is 5.69. The molecule has 1 N–H and O–H groups in total. The number of sulfonamides is 1. The number of rotatable bonds is 11. The van der Waals surface area contributed by atoms with Gasteiger partial charge in [-0.15, -0.1) is 0 Å². The lowest BCUT2D eigenvalue weighted by Crippen LogP contribution is -2.52. The zero-order valence-electron chi connectivity index (χ0n) is 22.1. The van der Waals surface area contributed by atoms with Crippen molar-refractivity contribution in [2.75, 3.05) is 10.8 Å². The summed E-state index contributed by atoms with van der Waals surface area (Å²) in [6.45, 7) is 4.55. The third-order valence-corrected chi connectivity index (χ3v) is 9.12. The Morgan fingerprint density at radius 2 is 1.60 bits per heavy atom. The molecule has 0 heterocycles. The van der Waals surface area contributed by atoms with Gasteiger partial charge in [-0.3, -0.25) is 13.9 Å². The largest absolute Gasteiger partial charge is 0.352 e. The highest BCUT2D eigenvalue weighted by molar-refractivity contribution is 7.92. The van der Waals surface area contributed by atoms with Gasteiger partial charge in [0.1, 0.15) is 18.4 Å². The second kappa shape index (κ2) is 13.7. The molecule has 12 heteroatoms. The van der Waals surface area contributed by atoms with Crippen LogP contribution in [0.1, 0.15) is 32.8 Å². The van der Waals surface area contributed by atoms with Gasteiger partial charge in [-0.1, -0.05) is 66.0 Å². The first-order chi connectivity index (χ1) is 18.8. The van der Waals surface area contributed by atoms with Gasteiger partial charge in [0, 0.05) is 12.6 Å². The van der Waals surface area contributed by atoms with Crippen molar-refractivity contribution >= 4 is 62.3 Å². The maximum atomic E-state index is 14.0. The first kappa shape index (κ1) is 31.7. The molecule has 0 radical (unpaired) electrons. The molecule has 0 aliphatic heterocycles. The molecule has 0 saturated heterocycles. The minimum Gasteiger partial charge on any atom is -0.352 e. The van der Waals surface area contributed by atoms with Crippen molar-refractivity contribution in [1.29, 1.82) is 0 Å². The first-order valence-electron chi connectivity index (χ1n) is 12.4. The van der Waals surface area contributed by atoms with E-state index in [0.29, 0.717) is 17.0 Å². The molecule has 0 aliphatic carbocycles. The van der Waals surface area contributed by atoms with E-state index in [1.807, 2.05) is 13.8 Å². The van der Waals surface area contributed by atoms with Crippen LogP contribution in [0.25, 0.3) is 0 Å². The summed E-state index contributed by atoms with van der Waals surface area (Å²) in [5.74, 6) is -1.84. The number of benzene rings is 3. The molecule has 0 bridgehead atoms. The molecule has 3 aromatic rings. The number of hydrogen-bond acceptors (Lipinski definition) is 4. The van der Waals surface area contributed by atoms with Gasteiger partial charge in [-0.25, -0.2) is 12.8 Å². The third-order valence-electron chi connectivity index (χ3n) is 6.31. The van der Waals surface area contributed by atoms with Crippen LogP contribution in [0.3, 0.4) is 0 Å². The van der Waals surface area contributed by atoms with Gasteiger partial charge in [0.25, 0.3) is 10.0 Å². The van der Waals surface area contributed by atoms with Gasteiger partial charge in [-0.05, 0) is 68.3 Å². The van der Waals surface area contributed by atoms with Gasteiger partial charge in [-0.2, -0.15) is 0 Å². The van der Waals surface area contributed by atoms with Crippen molar-refractivity contribution in [3.63, 3.8) is 0 Å². The quantitative estimate of drug-likeness (QED) is 0.270. The number of nitrogens with one attached hydrogen (secondary N) is 1. The van der Waals surface area contributed by atoms with Crippen molar-refractivity contribution in [2.45, 2.75) is 50.7 Å². The van der Waals surface area contributed by atoms with Crippen LogP contribution in [0.2, 0.25) is 15.1 Å². The van der Waals surface area contributed by atoms with Crippen LogP contribution >= 0.6 is 34.8 Å². The zero-order chi connectivity index (χ0) is 29.6. The number of amides is 2. The summed E-state index contributed by atoms with van der Waals surface area (Å²) >= 11 is 18.2. The average molecular weight is 629 g/mol. The lowest BCUT2D eigenvalue weighted by Gasteiger charge is -2.32. The van der Waals surface area contributed by atoms with Crippen LogP contribution in [0.4, 0.5) is 10.1 Å². The van der Waals surface area contributed by atoms with Gasteiger partial charge in [0.05, 0.1) is 25.7 Å². The van der Waals surface area contributed by atoms with Crippen LogP contribution in [-0.4, -0.2) is 43.8 Å². The molecule has 0 fully saturated rings. The zero-order valence-corrected chi connectivity index (χ0v) is 25.2. The SMILES string of the molecule is CC[C@@H](C)NC(=O)[C@@H](C)N(Cc1ccc(Cl)c(Cl)c1)C(=O)CN(c1ccc(F)c(Cl)c1)S(=O)(=O)c1ccccc1.